The van der Waals surface area contributed by atoms with Gasteiger partial charge in [-0.2, -0.15) is 13.2 Å². The Labute approximate surface area is 193 Å². The van der Waals surface area contributed by atoms with Crippen LogP contribution in [-0.2, 0) is 5.60 Å². The first-order valence-electron chi connectivity index (χ1n) is 9.93. The highest BCUT2D eigenvalue weighted by Gasteiger charge is 2.54. The van der Waals surface area contributed by atoms with Crippen molar-refractivity contribution in [2.24, 2.45) is 0 Å². The fourth-order valence-electron chi connectivity index (χ4n) is 3.30. The second-order valence-electron chi connectivity index (χ2n) is 7.23. The third kappa shape index (κ3) is 5.12. The standard InChI is InChI=1S/C23H23F3N2O4S/c1-14-19(33-21(28-14)15-9-10-17(31-2)18(13-15)32-3)20(29)27-12-11-22(30,23(24,25)26)16-7-5-4-6-8-16/h4-10,13,30H,11-12H2,1-3H3,(H,27,29). The van der Waals surface area contributed by atoms with Crippen molar-refractivity contribution in [1.82, 2.24) is 10.3 Å². The Morgan fingerprint density at radius 3 is 2.36 bits per heavy atom. The number of methoxy groups -OCH3 is 2. The van der Waals surface area contributed by atoms with Gasteiger partial charge in [-0.15, -0.1) is 11.3 Å². The van der Waals surface area contributed by atoms with Gasteiger partial charge in [-0.05, 0) is 30.7 Å². The summed E-state index contributed by atoms with van der Waals surface area (Å²) in [5.74, 6) is 0.485. The van der Waals surface area contributed by atoms with Gasteiger partial charge in [0, 0.05) is 18.5 Å². The van der Waals surface area contributed by atoms with Crippen LogP contribution in [-0.4, -0.2) is 42.9 Å². The van der Waals surface area contributed by atoms with Gasteiger partial charge in [0.2, 0.25) is 0 Å². The molecule has 0 saturated carbocycles. The van der Waals surface area contributed by atoms with Crippen molar-refractivity contribution in [3.8, 4) is 22.1 Å². The lowest BCUT2D eigenvalue weighted by Gasteiger charge is -2.31. The molecule has 33 heavy (non-hydrogen) atoms. The van der Waals surface area contributed by atoms with Gasteiger partial charge in [0.1, 0.15) is 9.88 Å². The maximum atomic E-state index is 13.6. The second-order valence-corrected chi connectivity index (χ2v) is 8.23. The Balaban J connectivity index is 1.74. The average Bonchev–Trinajstić information content (AvgIpc) is 3.19. The van der Waals surface area contributed by atoms with Crippen molar-refractivity contribution in [3.05, 3.63) is 64.7 Å². The molecule has 0 fully saturated rings. The zero-order valence-electron chi connectivity index (χ0n) is 18.2. The lowest BCUT2D eigenvalue weighted by Crippen LogP contribution is -2.45. The molecule has 1 amide bonds. The van der Waals surface area contributed by atoms with Crippen LogP contribution >= 0.6 is 11.3 Å². The fourth-order valence-corrected chi connectivity index (χ4v) is 4.28. The number of aromatic nitrogens is 1. The molecule has 0 bridgehead atoms. The summed E-state index contributed by atoms with van der Waals surface area (Å²) in [6, 6.07) is 12.0. The molecule has 1 heterocycles. The van der Waals surface area contributed by atoms with Gasteiger partial charge >= 0.3 is 6.18 Å². The first kappa shape index (κ1) is 24.5. The van der Waals surface area contributed by atoms with Gasteiger partial charge in [0.05, 0.1) is 19.9 Å². The summed E-state index contributed by atoms with van der Waals surface area (Å²) in [7, 11) is 3.02. The number of hydrogen-bond acceptors (Lipinski definition) is 6. The first-order valence-corrected chi connectivity index (χ1v) is 10.7. The molecule has 3 aromatic rings. The summed E-state index contributed by atoms with van der Waals surface area (Å²) in [5, 5.41) is 13.4. The molecule has 6 nitrogen and oxygen atoms in total. The number of halogens is 3. The monoisotopic (exact) mass is 480 g/mol. The van der Waals surface area contributed by atoms with Gasteiger partial charge in [0.15, 0.2) is 17.1 Å². The Morgan fingerprint density at radius 1 is 1.09 bits per heavy atom. The van der Waals surface area contributed by atoms with E-state index in [4.69, 9.17) is 9.47 Å². The number of carbonyl (C=O) groups excluding carboxylic acids is 1. The molecule has 1 aromatic heterocycles. The van der Waals surface area contributed by atoms with Gasteiger partial charge < -0.3 is 19.9 Å². The smallest absolute Gasteiger partial charge is 0.421 e. The number of carbonyl (C=O) groups is 1. The Morgan fingerprint density at radius 2 is 1.76 bits per heavy atom. The zero-order valence-corrected chi connectivity index (χ0v) is 19.0. The predicted molar refractivity (Wildman–Crippen MR) is 119 cm³/mol. The molecule has 176 valence electrons. The van der Waals surface area contributed by atoms with E-state index in [2.05, 4.69) is 10.3 Å². The lowest BCUT2D eigenvalue weighted by atomic mass is 9.89. The van der Waals surface area contributed by atoms with E-state index in [1.54, 1.807) is 31.2 Å². The summed E-state index contributed by atoms with van der Waals surface area (Å²) < 4.78 is 51.4. The van der Waals surface area contributed by atoms with Gasteiger partial charge in [-0.3, -0.25) is 4.79 Å². The molecule has 0 aliphatic heterocycles. The molecule has 10 heteroatoms. The number of aliphatic hydroxyl groups is 1. The van der Waals surface area contributed by atoms with Crippen LogP contribution in [0.2, 0.25) is 0 Å². The van der Waals surface area contributed by atoms with Crippen molar-refractivity contribution in [3.63, 3.8) is 0 Å². The molecular weight excluding hydrogens is 457 g/mol. The number of rotatable bonds is 8. The van der Waals surface area contributed by atoms with Crippen molar-refractivity contribution in [2.75, 3.05) is 20.8 Å². The number of hydrogen-bond donors (Lipinski definition) is 2. The first-order chi connectivity index (χ1) is 15.6. The minimum absolute atomic E-state index is 0.273. The molecule has 3 rings (SSSR count). The highest BCUT2D eigenvalue weighted by atomic mass is 32.1. The van der Waals surface area contributed by atoms with Crippen molar-refractivity contribution >= 4 is 17.2 Å². The normalized spacial score (nSPS) is 13.3. The molecule has 0 spiro atoms. The second kappa shape index (κ2) is 9.80. The van der Waals surface area contributed by atoms with Crippen LogP contribution in [0, 0.1) is 6.92 Å². The van der Waals surface area contributed by atoms with Crippen LogP contribution in [0.1, 0.15) is 27.3 Å². The molecule has 0 radical (unpaired) electrons. The van der Waals surface area contributed by atoms with Gasteiger partial charge in [-0.25, -0.2) is 4.98 Å². The third-order valence-corrected chi connectivity index (χ3v) is 6.33. The molecule has 1 atom stereocenters. The third-order valence-electron chi connectivity index (χ3n) is 5.13. The summed E-state index contributed by atoms with van der Waals surface area (Å²) in [4.78, 5) is 17.3. The van der Waals surface area contributed by atoms with E-state index in [1.165, 1.54) is 38.5 Å². The van der Waals surface area contributed by atoms with Crippen molar-refractivity contribution in [2.45, 2.75) is 25.1 Å². The number of nitrogens with one attached hydrogen (secondary N) is 1. The Kier molecular flexibility index (Phi) is 7.28. The maximum Gasteiger partial charge on any atom is 0.421 e. The summed E-state index contributed by atoms with van der Waals surface area (Å²) >= 11 is 1.11. The quantitative estimate of drug-likeness (QED) is 0.488. The van der Waals surface area contributed by atoms with E-state index in [0.29, 0.717) is 27.8 Å². The van der Waals surface area contributed by atoms with Crippen LogP contribution in [0.15, 0.2) is 48.5 Å². The Hall–Kier alpha value is -3.11. The topological polar surface area (TPSA) is 80.7 Å². The van der Waals surface area contributed by atoms with E-state index in [0.717, 1.165) is 11.3 Å². The van der Waals surface area contributed by atoms with Crippen molar-refractivity contribution in [1.29, 1.82) is 0 Å². The van der Waals surface area contributed by atoms with Crippen LogP contribution in [0.4, 0.5) is 13.2 Å². The van der Waals surface area contributed by atoms with E-state index in [1.807, 2.05) is 0 Å². The molecule has 2 N–H and O–H groups in total. The molecule has 0 aliphatic carbocycles. The van der Waals surface area contributed by atoms with Crippen molar-refractivity contribution < 1.29 is 32.5 Å². The van der Waals surface area contributed by atoms with Gasteiger partial charge in [-0.1, -0.05) is 30.3 Å². The lowest BCUT2D eigenvalue weighted by molar-refractivity contribution is -0.268. The molecule has 0 aliphatic rings. The minimum Gasteiger partial charge on any atom is -0.493 e. The fraction of sp³-hybridized carbons (Fsp3) is 0.304. The van der Waals surface area contributed by atoms with Crippen LogP contribution < -0.4 is 14.8 Å². The van der Waals surface area contributed by atoms with Crippen LogP contribution in [0.5, 0.6) is 11.5 Å². The number of aryl methyl sites for hydroxylation is 1. The molecule has 1 unspecified atom stereocenters. The predicted octanol–water partition coefficient (Wildman–Crippen LogP) is 4.71. The highest BCUT2D eigenvalue weighted by molar-refractivity contribution is 7.17. The van der Waals surface area contributed by atoms with E-state index < -0.39 is 24.1 Å². The van der Waals surface area contributed by atoms with Gasteiger partial charge in [0.25, 0.3) is 5.91 Å². The zero-order chi connectivity index (χ0) is 24.2. The maximum absolute atomic E-state index is 13.6. The number of ether oxygens (including phenoxy) is 2. The molecular formula is C23H23F3N2O4S. The number of alkyl halides is 3. The Bertz CT molecular complexity index is 1120. The summed E-state index contributed by atoms with van der Waals surface area (Å²) in [6.07, 6.45) is -5.63. The number of nitrogens with zero attached hydrogens (tertiary/aromatic N) is 1. The van der Waals surface area contributed by atoms with E-state index >= 15 is 0 Å². The average molecular weight is 481 g/mol. The molecule has 2 aromatic carbocycles. The van der Waals surface area contributed by atoms with E-state index in [9.17, 15) is 23.1 Å². The van der Waals surface area contributed by atoms with Crippen LogP contribution in [0.3, 0.4) is 0 Å². The number of benzene rings is 2. The SMILES string of the molecule is COc1ccc(-c2nc(C)c(C(=O)NCCC(O)(c3ccccc3)C(F)(F)F)s2)cc1OC. The highest BCUT2D eigenvalue weighted by Crippen LogP contribution is 2.41. The minimum atomic E-state index is -4.90. The largest absolute Gasteiger partial charge is 0.493 e. The molecule has 0 saturated heterocycles. The summed E-state index contributed by atoms with van der Waals surface area (Å²) in [6.45, 7) is 1.26. The van der Waals surface area contributed by atoms with Crippen LogP contribution in [0.25, 0.3) is 10.6 Å². The van der Waals surface area contributed by atoms with E-state index in [-0.39, 0.29) is 17.0 Å². The number of amides is 1. The summed E-state index contributed by atoms with van der Waals surface area (Å²) in [5.41, 5.74) is -2.21. The number of thiazole rings is 1.